The molecule has 4 aromatic rings. The molecule has 5 heteroatoms. The maximum Gasteiger partial charge on any atom is 0.143 e. The van der Waals surface area contributed by atoms with Crippen LogP contribution < -0.4 is 5.32 Å². The molecule has 0 unspecified atom stereocenters. The molecule has 3 nitrogen and oxygen atoms in total. The fraction of sp³-hybridized carbons (Fsp3) is 0.100. The van der Waals surface area contributed by atoms with Gasteiger partial charge in [-0.1, -0.05) is 41.4 Å². The van der Waals surface area contributed by atoms with E-state index in [9.17, 15) is 0 Å². The molecule has 124 valence electrons. The van der Waals surface area contributed by atoms with Gasteiger partial charge in [0.15, 0.2) is 0 Å². The zero-order valence-electron chi connectivity index (χ0n) is 13.9. The third-order valence-corrected chi connectivity index (χ3v) is 5.30. The van der Waals surface area contributed by atoms with Gasteiger partial charge in [0.1, 0.15) is 17.0 Å². The topological polar surface area (TPSA) is 37.8 Å². The highest BCUT2D eigenvalue weighted by Gasteiger charge is 2.14. The molecule has 0 fully saturated rings. The summed E-state index contributed by atoms with van der Waals surface area (Å²) < 4.78 is 0. The molecule has 0 atom stereocenters. The molecule has 4 rings (SSSR count). The van der Waals surface area contributed by atoms with E-state index in [4.69, 9.17) is 11.6 Å². The third-order valence-electron chi connectivity index (χ3n) is 4.16. The van der Waals surface area contributed by atoms with E-state index >= 15 is 0 Å². The van der Waals surface area contributed by atoms with Crippen molar-refractivity contribution in [3.8, 4) is 11.1 Å². The Morgan fingerprint density at radius 1 is 1.00 bits per heavy atom. The highest BCUT2D eigenvalue weighted by molar-refractivity contribution is 7.17. The molecule has 0 bridgehead atoms. The average Bonchev–Trinajstić information content (AvgIpc) is 3.03. The first kappa shape index (κ1) is 16.1. The predicted molar refractivity (Wildman–Crippen MR) is 107 cm³/mol. The zero-order chi connectivity index (χ0) is 17.4. The molecular weight excluding hydrogens is 350 g/mol. The first-order chi connectivity index (χ1) is 12.1. The summed E-state index contributed by atoms with van der Waals surface area (Å²) in [4.78, 5) is 9.89. The number of aryl methyl sites for hydroxylation is 2. The monoisotopic (exact) mass is 365 g/mol. The quantitative estimate of drug-likeness (QED) is 0.458. The molecule has 0 aliphatic rings. The Hall–Kier alpha value is -2.43. The van der Waals surface area contributed by atoms with Crippen LogP contribution in [0.4, 0.5) is 11.5 Å². The third kappa shape index (κ3) is 3.11. The molecule has 0 aliphatic carbocycles. The lowest BCUT2D eigenvalue weighted by atomic mass is 10.1. The van der Waals surface area contributed by atoms with Crippen molar-refractivity contribution in [1.82, 2.24) is 9.97 Å². The van der Waals surface area contributed by atoms with Gasteiger partial charge in [-0.3, -0.25) is 0 Å². The number of anilines is 2. The minimum absolute atomic E-state index is 0.730. The second kappa shape index (κ2) is 6.47. The Balaban J connectivity index is 1.84. The van der Waals surface area contributed by atoms with E-state index in [-0.39, 0.29) is 0 Å². The maximum atomic E-state index is 6.03. The van der Waals surface area contributed by atoms with Crippen molar-refractivity contribution in [2.24, 2.45) is 0 Å². The van der Waals surface area contributed by atoms with E-state index in [0.717, 1.165) is 37.9 Å². The fourth-order valence-corrected chi connectivity index (χ4v) is 3.94. The second-order valence-corrected chi connectivity index (χ2v) is 7.30. The van der Waals surface area contributed by atoms with Crippen LogP contribution in [0.2, 0.25) is 5.02 Å². The lowest BCUT2D eigenvalue weighted by Crippen LogP contribution is -1.97. The molecule has 0 aliphatic heterocycles. The Morgan fingerprint density at radius 3 is 2.56 bits per heavy atom. The minimum atomic E-state index is 0.730. The fourth-order valence-electron chi connectivity index (χ4n) is 2.89. The molecule has 0 radical (unpaired) electrons. The van der Waals surface area contributed by atoms with Gasteiger partial charge in [-0.05, 0) is 43.2 Å². The minimum Gasteiger partial charge on any atom is -0.339 e. The molecule has 25 heavy (non-hydrogen) atoms. The SMILES string of the molecule is Cc1ccc(Nc2ncnc3scc(-c4ccc(Cl)cc4)c23)c(C)c1. The number of aromatic nitrogens is 2. The molecule has 0 saturated carbocycles. The number of rotatable bonds is 3. The van der Waals surface area contributed by atoms with Crippen LogP contribution in [0.15, 0.2) is 54.2 Å². The van der Waals surface area contributed by atoms with Crippen LogP contribution in [0.5, 0.6) is 0 Å². The van der Waals surface area contributed by atoms with E-state index in [1.54, 1.807) is 17.7 Å². The second-order valence-electron chi connectivity index (χ2n) is 6.00. The van der Waals surface area contributed by atoms with Gasteiger partial charge in [0.05, 0.1) is 5.39 Å². The normalized spacial score (nSPS) is 11.0. The van der Waals surface area contributed by atoms with Gasteiger partial charge in [-0.25, -0.2) is 9.97 Å². The van der Waals surface area contributed by atoms with Crippen LogP contribution >= 0.6 is 22.9 Å². The lowest BCUT2D eigenvalue weighted by molar-refractivity contribution is 1.22. The van der Waals surface area contributed by atoms with Gasteiger partial charge in [0.25, 0.3) is 0 Å². The molecule has 0 spiro atoms. The predicted octanol–water partition coefficient (Wildman–Crippen LogP) is 6.37. The van der Waals surface area contributed by atoms with Crippen molar-refractivity contribution in [3.63, 3.8) is 0 Å². The molecule has 2 aromatic heterocycles. The number of nitrogens with zero attached hydrogens (tertiary/aromatic N) is 2. The smallest absolute Gasteiger partial charge is 0.143 e. The largest absolute Gasteiger partial charge is 0.339 e. The summed E-state index contributed by atoms with van der Waals surface area (Å²) in [5.41, 5.74) is 5.71. The first-order valence-electron chi connectivity index (χ1n) is 7.94. The van der Waals surface area contributed by atoms with Crippen LogP contribution in [0.1, 0.15) is 11.1 Å². The van der Waals surface area contributed by atoms with Gasteiger partial charge in [0, 0.05) is 21.7 Å². The molecule has 0 saturated heterocycles. The van der Waals surface area contributed by atoms with E-state index in [1.807, 2.05) is 24.3 Å². The number of nitrogens with one attached hydrogen (secondary N) is 1. The molecule has 0 amide bonds. The highest BCUT2D eigenvalue weighted by atomic mass is 35.5. The summed E-state index contributed by atoms with van der Waals surface area (Å²) >= 11 is 7.65. The van der Waals surface area contributed by atoms with Gasteiger partial charge < -0.3 is 5.32 Å². The number of fused-ring (bicyclic) bond motifs is 1. The van der Waals surface area contributed by atoms with Crippen molar-refractivity contribution < 1.29 is 0 Å². The molecule has 2 aromatic carbocycles. The van der Waals surface area contributed by atoms with Crippen LogP contribution in [0.25, 0.3) is 21.3 Å². The molecule has 1 N–H and O–H groups in total. The van der Waals surface area contributed by atoms with Crippen LogP contribution in [-0.2, 0) is 0 Å². The average molecular weight is 366 g/mol. The standard InChI is InChI=1S/C20H16ClN3S/c1-12-3-8-17(13(2)9-12)24-19-18-16(10-25-20(18)23-11-22-19)14-4-6-15(21)7-5-14/h3-11H,1-2H3,(H,22,23,24). The number of hydrogen-bond donors (Lipinski definition) is 1. The Morgan fingerprint density at radius 2 is 1.80 bits per heavy atom. The van der Waals surface area contributed by atoms with Gasteiger partial charge in [0.2, 0.25) is 0 Å². The van der Waals surface area contributed by atoms with E-state index in [2.05, 4.69) is 52.7 Å². The lowest BCUT2D eigenvalue weighted by Gasteiger charge is -2.11. The molecule has 2 heterocycles. The van der Waals surface area contributed by atoms with Crippen molar-refractivity contribution >= 4 is 44.7 Å². The Bertz CT molecular complexity index is 1050. The Labute approximate surface area is 155 Å². The summed E-state index contributed by atoms with van der Waals surface area (Å²) in [6.07, 6.45) is 1.61. The van der Waals surface area contributed by atoms with Crippen molar-refractivity contribution in [2.75, 3.05) is 5.32 Å². The maximum absolute atomic E-state index is 6.03. The Kier molecular flexibility index (Phi) is 4.15. The van der Waals surface area contributed by atoms with Crippen molar-refractivity contribution in [2.45, 2.75) is 13.8 Å². The summed E-state index contributed by atoms with van der Waals surface area (Å²) in [6.45, 7) is 4.19. The van der Waals surface area contributed by atoms with Crippen molar-refractivity contribution in [1.29, 1.82) is 0 Å². The zero-order valence-corrected chi connectivity index (χ0v) is 15.4. The van der Waals surface area contributed by atoms with E-state index in [1.165, 1.54) is 11.1 Å². The number of thiophene rings is 1. The summed E-state index contributed by atoms with van der Waals surface area (Å²) in [5.74, 6) is 0.822. The summed E-state index contributed by atoms with van der Waals surface area (Å²) in [5, 5.41) is 7.37. The van der Waals surface area contributed by atoms with E-state index < -0.39 is 0 Å². The summed E-state index contributed by atoms with van der Waals surface area (Å²) in [7, 11) is 0. The molecular formula is C20H16ClN3S. The van der Waals surface area contributed by atoms with Crippen LogP contribution in [-0.4, -0.2) is 9.97 Å². The van der Waals surface area contributed by atoms with Crippen LogP contribution in [0.3, 0.4) is 0 Å². The highest BCUT2D eigenvalue weighted by Crippen LogP contribution is 2.38. The van der Waals surface area contributed by atoms with Gasteiger partial charge in [-0.15, -0.1) is 11.3 Å². The number of hydrogen-bond acceptors (Lipinski definition) is 4. The number of benzene rings is 2. The van der Waals surface area contributed by atoms with Crippen molar-refractivity contribution in [3.05, 3.63) is 70.3 Å². The van der Waals surface area contributed by atoms with Gasteiger partial charge in [-0.2, -0.15) is 0 Å². The first-order valence-corrected chi connectivity index (χ1v) is 9.20. The summed E-state index contributed by atoms with van der Waals surface area (Å²) in [6, 6.07) is 14.2. The van der Waals surface area contributed by atoms with Gasteiger partial charge >= 0.3 is 0 Å². The van der Waals surface area contributed by atoms with E-state index in [0.29, 0.717) is 0 Å². The van der Waals surface area contributed by atoms with Crippen LogP contribution in [0, 0.1) is 13.8 Å². The number of halogens is 1.